The Bertz CT molecular complexity index is 1140. The molecule has 0 fully saturated rings. The second kappa shape index (κ2) is 10.5. The number of hydrogen-bond donors (Lipinski definition) is 1. The van der Waals surface area contributed by atoms with Gasteiger partial charge in [0.1, 0.15) is 25.0 Å². The van der Waals surface area contributed by atoms with E-state index in [2.05, 4.69) is 25.5 Å². The fraction of sp³-hybridized carbons (Fsp3) is 0.227. The maximum Gasteiger partial charge on any atom is 0.226 e. The van der Waals surface area contributed by atoms with Crippen molar-refractivity contribution in [2.75, 3.05) is 11.9 Å². The van der Waals surface area contributed by atoms with Gasteiger partial charge in [0.15, 0.2) is 0 Å². The van der Waals surface area contributed by atoms with Crippen LogP contribution in [0.25, 0.3) is 11.4 Å². The molecule has 0 aliphatic rings. The van der Waals surface area contributed by atoms with E-state index in [1.165, 1.54) is 6.33 Å². The van der Waals surface area contributed by atoms with Crippen molar-refractivity contribution in [3.05, 3.63) is 72.1 Å². The number of anilines is 1. The number of amides is 1. The van der Waals surface area contributed by atoms with Gasteiger partial charge in [0.05, 0.1) is 6.54 Å². The summed E-state index contributed by atoms with van der Waals surface area (Å²) in [6, 6.07) is 14.5. The topological polar surface area (TPSA) is 108 Å². The lowest BCUT2D eigenvalue weighted by Crippen LogP contribution is -2.12. The highest BCUT2D eigenvalue weighted by Gasteiger charge is 2.10. The molecule has 0 radical (unpaired) electrons. The number of rotatable bonds is 10. The normalized spacial score (nSPS) is 10.8. The van der Waals surface area contributed by atoms with Crippen LogP contribution in [0, 0.1) is 0 Å². The van der Waals surface area contributed by atoms with Crippen molar-refractivity contribution in [3.63, 3.8) is 0 Å². The van der Waals surface area contributed by atoms with Gasteiger partial charge in [-0.1, -0.05) is 22.8 Å². The summed E-state index contributed by atoms with van der Waals surface area (Å²) in [5, 5.41) is 11.5. The summed E-state index contributed by atoms with van der Waals surface area (Å²) < 4.78 is 12.7. The minimum Gasteiger partial charge on any atom is -0.492 e. The van der Waals surface area contributed by atoms with E-state index in [0.29, 0.717) is 60.6 Å². The summed E-state index contributed by atoms with van der Waals surface area (Å²) in [7, 11) is 0. The Morgan fingerprint density at radius 2 is 2.06 bits per heavy atom. The van der Waals surface area contributed by atoms with Gasteiger partial charge in [0.25, 0.3) is 0 Å². The zero-order valence-corrected chi connectivity index (χ0v) is 17.9. The van der Waals surface area contributed by atoms with Crippen molar-refractivity contribution < 1.29 is 14.1 Å². The second-order valence-electron chi connectivity index (χ2n) is 6.96. The molecule has 0 spiro atoms. The van der Waals surface area contributed by atoms with Crippen LogP contribution in [-0.2, 0) is 17.8 Å². The highest BCUT2D eigenvalue weighted by molar-refractivity contribution is 6.30. The van der Waals surface area contributed by atoms with Crippen molar-refractivity contribution in [2.45, 2.75) is 25.8 Å². The molecule has 0 saturated heterocycles. The van der Waals surface area contributed by atoms with Crippen LogP contribution in [0.3, 0.4) is 0 Å². The van der Waals surface area contributed by atoms with E-state index in [1.807, 2.05) is 30.3 Å². The van der Waals surface area contributed by atoms with Crippen LogP contribution in [0.15, 0.2) is 65.7 Å². The highest BCUT2D eigenvalue weighted by Crippen LogP contribution is 2.20. The number of nitrogens with one attached hydrogen (secondary N) is 1. The monoisotopic (exact) mass is 452 g/mol. The van der Waals surface area contributed by atoms with Gasteiger partial charge in [-0.2, -0.15) is 10.1 Å². The number of carbonyl (C=O) groups is 1. The van der Waals surface area contributed by atoms with Gasteiger partial charge in [-0.25, -0.2) is 9.67 Å². The van der Waals surface area contributed by atoms with Gasteiger partial charge < -0.3 is 14.6 Å². The Morgan fingerprint density at radius 1 is 1.19 bits per heavy atom. The average molecular weight is 453 g/mol. The fourth-order valence-corrected chi connectivity index (χ4v) is 3.09. The van der Waals surface area contributed by atoms with Gasteiger partial charge in [-0.3, -0.25) is 4.79 Å². The molecule has 32 heavy (non-hydrogen) atoms. The average Bonchev–Trinajstić information content (AvgIpc) is 3.47. The minimum atomic E-state index is -0.0952. The van der Waals surface area contributed by atoms with Gasteiger partial charge in [0, 0.05) is 35.2 Å². The zero-order chi connectivity index (χ0) is 22.2. The lowest BCUT2D eigenvalue weighted by Gasteiger charge is -2.09. The lowest BCUT2D eigenvalue weighted by molar-refractivity contribution is -0.116. The van der Waals surface area contributed by atoms with E-state index in [1.54, 1.807) is 29.2 Å². The van der Waals surface area contributed by atoms with Crippen LogP contribution in [0.4, 0.5) is 5.69 Å². The van der Waals surface area contributed by atoms with E-state index in [-0.39, 0.29) is 5.91 Å². The molecule has 164 valence electrons. The maximum atomic E-state index is 12.3. The first-order valence-electron chi connectivity index (χ1n) is 10.1. The van der Waals surface area contributed by atoms with Crippen molar-refractivity contribution in [2.24, 2.45) is 0 Å². The molecular weight excluding hydrogens is 432 g/mol. The van der Waals surface area contributed by atoms with Crippen molar-refractivity contribution in [1.82, 2.24) is 24.9 Å². The van der Waals surface area contributed by atoms with Crippen molar-refractivity contribution in [3.8, 4) is 17.1 Å². The molecule has 0 aliphatic heterocycles. The Morgan fingerprint density at radius 3 is 2.88 bits per heavy atom. The summed E-state index contributed by atoms with van der Waals surface area (Å²) in [4.78, 5) is 20.6. The van der Waals surface area contributed by atoms with Gasteiger partial charge in [-0.05, 0) is 42.8 Å². The molecular formula is C22H21ClN6O3. The third-order valence-corrected chi connectivity index (χ3v) is 4.79. The van der Waals surface area contributed by atoms with Crippen molar-refractivity contribution in [1.29, 1.82) is 0 Å². The van der Waals surface area contributed by atoms with E-state index >= 15 is 0 Å². The molecule has 4 aromatic rings. The summed E-state index contributed by atoms with van der Waals surface area (Å²) in [6.45, 7) is 1.04. The first-order valence-corrected chi connectivity index (χ1v) is 10.5. The molecule has 2 aromatic carbocycles. The Kier molecular flexibility index (Phi) is 7.08. The summed E-state index contributed by atoms with van der Waals surface area (Å²) >= 11 is 5.90. The number of aryl methyl sites for hydroxylation is 1. The SMILES string of the molecule is O=C(CCCc1nc(-c2ccc(Cl)cc2)no1)Nc1cccc(OCCn2cncn2)c1. The molecule has 2 aromatic heterocycles. The molecule has 1 N–H and O–H groups in total. The van der Waals surface area contributed by atoms with E-state index in [9.17, 15) is 4.79 Å². The molecule has 0 unspecified atom stereocenters. The van der Waals surface area contributed by atoms with Crippen LogP contribution in [0.1, 0.15) is 18.7 Å². The predicted octanol–water partition coefficient (Wildman–Crippen LogP) is 4.02. The largest absolute Gasteiger partial charge is 0.492 e. The number of nitrogens with zero attached hydrogens (tertiary/aromatic N) is 5. The lowest BCUT2D eigenvalue weighted by atomic mass is 10.2. The number of ether oxygens (including phenoxy) is 1. The molecule has 0 atom stereocenters. The van der Waals surface area contributed by atoms with Crippen LogP contribution < -0.4 is 10.1 Å². The number of carbonyl (C=O) groups excluding carboxylic acids is 1. The quantitative estimate of drug-likeness (QED) is 0.387. The highest BCUT2D eigenvalue weighted by atomic mass is 35.5. The number of aromatic nitrogens is 5. The van der Waals surface area contributed by atoms with Crippen LogP contribution >= 0.6 is 11.6 Å². The second-order valence-corrected chi connectivity index (χ2v) is 7.39. The molecule has 0 aliphatic carbocycles. The summed E-state index contributed by atoms with van der Waals surface area (Å²) in [5.74, 6) is 1.57. The smallest absolute Gasteiger partial charge is 0.226 e. The Labute approximate surface area is 189 Å². The predicted molar refractivity (Wildman–Crippen MR) is 118 cm³/mol. The number of benzene rings is 2. The summed E-state index contributed by atoms with van der Waals surface area (Å²) in [6.07, 6.45) is 4.54. The standard InChI is InChI=1S/C22H21ClN6O3/c23-17-9-7-16(8-10-17)22-27-21(32-28-22)6-2-5-20(30)26-18-3-1-4-19(13-18)31-12-11-29-15-24-14-25-29/h1,3-4,7-10,13-15H,2,5-6,11-12H2,(H,26,30). The third-order valence-electron chi connectivity index (χ3n) is 4.54. The molecule has 10 heteroatoms. The molecule has 2 heterocycles. The molecule has 0 saturated carbocycles. The zero-order valence-electron chi connectivity index (χ0n) is 17.1. The van der Waals surface area contributed by atoms with Gasteiger partial charge >= 0.3 is 0 Å². The first-order chi connectivity index (χ1) is 15.7. The van der Waals surface area contributed by atoms with Gasteiger partial charge in [0.2, 0.25) is 17.6 Å². The number of hydrogen-bond acceptors (Lipinski definition) is 7. The van der Waals surface area contributed by atoms with Crippen LogP contribution in [-0.4, -0.2) is 37.4 Å². The van der Waals surface area contributed by atoms with E-state index in [0.717, 1.165) is 5.56 Å². The fourth-order valence-electron chi connectivity index (χ4n) is 2.97. The maximum absolute atomic E-state index is 12.3. The molecule has 0 bridgehead atoms. The minimum absolute atomic E-state index is 0.0952. The first kappa shape index (κ1) is 21.5. The van der Waals surface area contributed by atoms with Crippen molar-refractivity contribution >= 4 is 23.2 Å². The Balaban J connectivity index is 1.21. The summed E-state index contributed by atoms with van der Waals surface area (Å²) in [5.41, 5.74) is 1.50. The van der Waals surface area contributed by atoms with Gasteiger partial charge in [-0.15, -0.1) is 0 Å². The van der Waals surface area contributed by atoms with E-state index < -0.39 is 0 Å². The van der Waals surface area contributed by atoms with E-state index in [4.69, 9.17) is 20.9 Å². The van der Waals surface area contributed by atoms with Crippen LogP contribution in [0.5, 0.6) is 5.75 Å². The van der Waals surface area contributed by atoms with Crippen LogP contribution in [0.2, 0.25) is 5.02 Å². The third kappa shape index (κ3) is 6.14. The molecule has 1 amide bonds. The number of halogens is 1. The molecule has 4 rings (SSSR count). The molecule has 9 nitrogen and oxygen atoms in total. The Hall–Kier alpha value is -3.72.